The summed E-state index contributed by atoms with van der Waals surface area (Å²) in [6.07, 6.45) is 2.41. The smallest absolute Gasteiger partial charge is 0.0568 e. The number of nitrogens with two attached hydrogens (primary N) is 2. The van der Waals surface area contributed by atoms with E-state index < -0.39 is 0 Å². The molecular weight excluding hydrogens is 212 g/mol. The Bertz CT molecular complexity index is 383. The molecule has 0 aliphatic carbocycles. The van der Waals surface area contributed by atoms with Crippen LogP contribution in [0.5, 0.6) is 0 Å². The van der Waals surface area contributed by atoms with Crippen LogP contribution in [-0.4, -0.2) is 38.1 Å². The van der Waals surface area contributed by atoms with Crippen molar-refractivity contribution >= 4 is 17.1 Å². The average Bonchev–Trinajstić information content (AvgIpc) is 2.33. The Labute approximate surface area is 103 Å². The van der Waals surface area contributed by atoms with E-state index in [1.165, 1.54) is 25.9 Å². The van der Waals surface area contributed by atoms with Crippen LogP contribution in [0, 0.1) is 0 Å². The van der Waals surface area contributed by atoms with Gasteiger partial charge in [0.25, 0.3) is 0 Å². The lowest BCUT2D eigenvalue weighted by Gasteiger charge is -2.36. The average molecular weight is 234 g/mol. The topological polar surface area (TPSA) is 58.5 Å². The number of hydrogen-bond donors (Lipinski definition) is 2. The van der Waals surface area contributed by atoms with Crippen molar-refractivity contribution in [3.8, 4) is 0 Å². The van der Waals surface area contributed by atoms with Crippen LogP contribution >= 0.6 is 0 Å². The predicted molar refractivity (Wildman–Crippen MR) is 74.2 cm³/mol. The van der Waals surface area contributed by atoms with Crippen molar-refractivity contribution in [2.24, 2.45) is 0 Å². The van der Waals surface area contributed by atoms with E-state index in [2.05, 4.69) is 23.9 Å². The van der Waals surface area contributed by atoms with Gasteiger partial charge in [0.05, 0.1) is 11.4 Å². The fourth-order valence-electron chi connectivity index (χ4n) is 2.37. The zero-order chi connectivity index (χ0) is 12.4. The highest BCUT2D eigenvalue weighted by Gasteiger charge is 2.20. The molecule has 1 saturated heterocycles. The molecule has 4 N–H and O–H groups in total. The highest BCUT2D eigenvalue weighted by atomic mass is 15.2. The molecule has 0 saturated carbocycles. The number of likely N-dealkylation sites (tertiary alicyclic amines) is 1. The normalized spacial score (nSPS) is 18.2. The number of benzene rings is 1. The van der Waals surface area contributed by atoms with E-state index in [4.69, 9.17) is 11.5 Å². The highest BCUT2D eigenvalue weighted by molar-refractivity contribution is 5.69. The predicted octanol–water partition coefficient (Wildman–Crippen LogP) is 1.38. The second kappa shape index (κ2) is 4.84. The zero-order valence-electron chi connectivity index (χ0n) is 10.7. The molecule has 0 spiro atoms. The third kappa shape index (κ3) is 2.64. The van der Waals surface area contributed by atoms with Crippen LogP contribution in [-0.2, 0) is 0 Å². The molecule has 1 aliphatic rings. The summed E-state index contributed by atoms with van der Waals surface area (Å²) in [4.78, 5) is 4.70. The second-order valence-electron chi connectivity index (χ2n) is 4.96. The van der Waals surface area contributed by atoms with Gasteiger partial charge in [-0.1, -0.05) is 0 Å². The molecule has 0 amide bonds. The van der Waals surface area contributed by atoms with Crippen LogP contribution in [0.2, 0.25) is 0 Å². The Hall–Kier alpha value is -1.42. The lowest BCUT2D eigenvalue weighted by Crippen LogP contribution is -2.42. The summed E-state index contributed by atoms with van der Waals surface area (Å²) in [5.74, 6) is 0. The molecule has 94 valence electrons. The molecular formula is C13H22N4. The Morgan fingerprint density at radius 3 is 2.41 bits per heavy atom. The van der Waals surface area contributed by atoms with Gasteiger partial charge in [0.2, 0.25) is 0 Å². The molecule has 1 aromatic carbocycles. The summed E-state index contributed by atoms with van der Waals surface area (Å²) in [6.45, 7) is 2.33. The van der Waals surface area contributed by atoms with Gasteiger partial charge < -0.3 is 21.3 Å². The summed E-state index contributed by atoms with van der Waals surface area (Å²) in [6, 6.07) is 6.50. The highest BCUT2D eigenvalue weighted by Crippen LogP contribution is 2.26. The number of piperidine rings is 1. The quantitative estimate of drug-likeness (QED) is 0.759. The van der Waals surface area contributed by atoms with Crippen molar-refractivity contribution in [3.63, 3.8) is 0 Å². The van der Waals surface area contributed by atoms with Gasteiger partial charge in [0, 0.05) is 18.8 Å². The van der Waals surface area contributed by atoms with Gasteiger partial charge in [-0.25, -0.2) is 0 Å². The van der Waals surface area contributed by atoms with Crippen LogP contribution in [0.25, 0.3) is 0 Å². The monoisotopic (exact) mass is 234 g/mol. The van der Waals surface area contributed by atoms with Gasteiger partial charge in [0.15, 0.2) is 0 Å². The van der Waals surface area contributed by atoms with Crippen molar-refractivity contribution in [2.75, 3.05) is 43.6 Å². The Morgan fingerprint density at radius 2 is 1.82 bits per heavy atom. The first-order valence-corrected chi connectivity index (χ1v) is 6.14. The van der Waals surface area contributed by atoms with Gasteiger partial charge in [-0.15, -0.1) is 0 Å². The lowest BCUT2D eigenvalue weighted by molar-refractivity contribution is 0.253. The van der Waals surface area contributed by atoms with E-state index in [1.807, 2.05) is 18.2 Å². The number of nitrogens with zero attached hydrogens (tertiary/aromatic N) is 2. The molecule has 1 aromatic rings. The Balaban J connectivity index is 2.08. The van der Waals surface area contributed by atoms with Crippen LogP contribution in [0.15, 0.2) is 18.2 Å². The Kier molecular flexibility index (Phi) is 3.43. The van der Waals surface area contributed by atoms with Crippen LogP contribution in [0.3, 0.4) is 0 Å². The van der Waals surface area contributed by atoms with E-state index in [9.17, 15) is 0 Å². The minimum Gasteiger partial charge on any atom is -0.397 e. The number of hydrogen-bond acceptors (Lipinski definition) is 4. The molecule has 0 aromatic heterocycles. The minimum atomic E-state index is 0.606. The van der Waals surface area contributed by atoms with Gasteiger partial charge in [-0.05, 0) is 51.2 Å². The summed E-state index contributed by atoms with van der Waals surface area (Å²) >= 11 is 0. The molecule has 0 radical (unpaired) electrons. The van der Waals surface area contributed by atoms with E-state index in [0.717, 1.165) is 5.69 Å². The Morgan fingerprint density at radius 1 is 1.18 bits per heavy atom. The maximum Gasteiger partial charge on any atom is 0.0568 e. The van der Waals surface area contributed by atoms with Gasteiger partial charge >= 0.3 is 0 Å². The first-order chi connectivity index (χ1) is 8.08. The molecule has 17 heavy (non-hydrogen) atoms. The third-order valence-electron chi connectivity index (χ3n) is 3.71. The molecule has 1 heterocycles. The van der Waals surface area contributed by atoms with Crippen LogP contribution in [0.1, 0.15) is 12.8 Å². The third-order valence-corrected chi connectivity index (χ3v) is 3.71. The number of rotatable bonds is 2. The standard InChI is InChI=1S/C13H22N4/c1-16-7-5-10(6-8-16)17(2)11-3-4-12(14)13(15)9-11/h3-4,9-10H,5-8,14-15H2,1-2H3. The largest absolute Gasteiger partial charge is 0.397 e. The lowest BCUT2D eigenvalue weighted by atomic mass is 10.0. The molecule has 0 unspecified atom stereocenters. The number of anilines is 3. The van der Waals surface area contributed by atoms with Crippen LogP contribution in [0.4, 0.5) is 17.1 Å². The first kappa shape index (κ1) is 12.0. The molecule has 0 atom stereocenters. The second-order valence-corrected chi connectivity index (χ2v) is 4.96. The minimum absolute atomic E-state index is 0.606. The van der Waals surface area contributed by atoms with Crippen molar-refractivity contribution in [1.29, 1.82) is 0 Å². The van der Waals surface area contributed by atoms with Gasteiger partial charge in [-0.3, -0.25) is 0 Å². The van der Waals surface area contributed by atoms with Crippen LogP contribution < -0.4 is 16.4 Å². The molecule has 1 aliphatic heterocycles. The zero-order valence-corrected chi connectivity index (χ0v) is 10.7. The van der Waals surface area contributed by atoms with E-state index >= 15 is 0 Å². The maximum absolute atomic E-state index is 5.85. The van der Waals surface area contributed by atoms with Gasteiger partial charge in [-0.2, -0.15) is 0 Å². The summed E-state index contributed by atoms with van der Waals surface area (Å²) in [7, 11) is 4.32. The summed E-state index contributed by atoms with van der Waals surface area (Å²) < 4.78 is 0. The van der Waals surface area contributed by atoms with Gasteiger partial charge in [0.1, 0.15) is 0 Å². The molecule has 2 rings (SSSR count). The molecule has 4 heteroatoms. The van der Waals surface area contributed by atoms with Crippen molar-refractivity contribution in [2.45, 2.75) is 18.9 Å². The fraction of sp³-hybridized carbons (Fsp3) is 0.538. The van der Waals surface area contributed by atoms with E-state index in [1.54, 1.807) is 0 Å². The SMILES string of the molecule is CN1CCC(N(C)c2ccc(N)c(N)c2)CC1. The number of nitrogen functional groups attached to an aromatic ring is 2. The summed E-state index contributed by atoms with van der Waals surface area (Å²) in [5.41, 5.74) is 14.1. The molecule has 4 nitrogen and oxygen atoms in total. The fourth-order valence-corrected chi connectivity index (χ4v) is 2.37. The summed E-state index contributed by atoms with van der Waals surface area (Å²) in [5, 5.41) is 0. The van der Waals surface area contributed by atoms with Crippen molar-refractivity contribution < 1.29 is 0 Å². The van der Waals surface area contributed by atoms with E-state index in [0.29, 0.717) is 17.4 Å². The van der Waals surface area contributed by atoms with Crippen molar-refractivity contribution in [1.82, 2.24) is 4.90 Å². The molecule has 0 bridgehead atoms. The van der Waals surface area contributed by atoms with Crippen molar-refractivity contribution in [3.05, 3.63) is 18.2 Å². The maximum atomic E-state index is 5.85. The first-order valence-electron chi connectivity index (χ1n) is 6.14. The molecule has 1 fully saturated rings. The van der Waals surface area contributed by atoms with E-state index in [-0.39, 0.29) is 0 Å².